The third kappa shape index (κ3) is 9.35. The van der Waals surface area contributed by atoms with Gasteiger partial charge in [0.2, 0.25) is 6.29 Å². The topological polar surface area (TPSA) is 182 Å². The summed E-state index contributed by atoms with van der Waals surface area (Å²) in [5.41, 5.74) is 0.417. The van der Waals surface area contributed by atoms with E-state index in [1.54, 1.807) is 30.3 Å². The third-order valence-corrected chi connectivity index (χ3v) is 4.94. The molecule has 2 rings (SSSR count). The zero-order valence-corrected chi connectivity index (χ0v) is 21.5. The van der Waals surface area contributed by atoms with Crippen LogP contribution in [0, 0.1) is 0 Å². The van der Waals surface area contributed by atoms with Gasteiger partial charge in [0, 0.05) is 40.3 Å². The van der Waals surface area contributed by atoms with E-state index in [9.17, 15) is 28.8 Å². The van der Waals surface area contributed by atoms with Gasteiger partial charge in [-0.1, -0.05) is 18.2 Å². The molecule has 38 heavy (non-hydrogen) atoms. The number of rotatable bonds is 9. The van der Waals surface area contributed by atoms with Gasteiger partial charge in [0.05, 0.1) is 0 Å². The molecule has 0 unspecified atom stereocenters. The van der Waals surface area contributed by atoms with Crippen molar-refractivity contribution in [3.05, 3.63) is 30.3 Å². The lowest BCUT2D eigenvalue weighted by Crippen LogP contribution is -2.69. The first-order valence-electron chi connectivity index (χ1n) is 11.5. The van der Waals surface area contributed by atoms with Crippen molar-refractivity contribution < 1.29 is 57.2 Å². The van der Waals surface area contributed by atoms with Crippen LogP contribution in [0.1, 0.15) is 34.6 Å². The number of hydrogen-bond acceptors (Lipinski definition) is 12. The van der Waals surface area contributed by atoms with E-state index < -0.39 is 79.2 Å². The van der Waals surface area contributed by atoms with Gasteiger partial charge in [0.25, 0.3) is 0 Å². The van der Waals surface area contributed by atoms with E-state index in [0.717, 1.165) is 34.6 Å². The van der Waals surface area contributed by atoms with Gasteiger partial charge in [-0.05, 0) is 12.1 Å². The molecule has 2 N–H and O–H groups in total. The fourth-order valence-electron chi connectivity index (χ4n) is 3.68. The molecule has 208 valence electrons. The summed E-state index contributed by atoms with van der Waals surface area (Å²) in [5, 5.41) is 5.08. The lowest BCUT2D eigenvalue weighted by Gasteiger charge is -2.46. The average molecular weight is 539 g/mol. The number of esters is 5. The molecular weight excluding hydrogens is 508 g/mol. The van der Waals surface area contributed by atoms with Gasteiger partial charge in [0.1, 0.15) is 18.8 Å². The SMILES string of the molecule is CC(=O)OC[C@@H](OC(C)=O)[C@@H]1O[C@@H](OC(C)=O)[C@@H](NC(=O)Nc2ccccc2)[C@H](OC(C)=O)[C@H]1OC(C)=O. The van der Waals surface area contributed by atoms with Crippen molar-refractivity contribution in [2.24, 2.45) is 0 Å². The molecule has 1 aliphatic heterocycles. The number of amides is 2. The highest BCUT2D eigenvalue weighted by atomic mass is 16.7. The zero-order valence-electron chi connectivity index (χ0n) is 21.5. The summed E-state index contributed by atoms with van der Waals surface area (Å²) in [6.07, 6.45) is -7.49. The van der Waals surface area contributed by atoms with Gasteiger partial charge < -0.3 is 39.1 Å². The number of ether oxygens (including phenoxy) is 6. The predicted molar refractivity (Wildman–Crippen MR) is 126 cm³/mol. The molecule has 14 nitrogen and oxygen atoms in total. The maximum absolute atomic E-state index is 12.8. The van der Waals surface area contributed by atoms with Crippen LogP contribution < -0.4 is 10.6 Å². The molecule has 2 amide bonds. The first kappa shape index (κ1) is 30.0. The Hall–Kier alpha value is -4.20. The van der Waals surface area contributed by atoms with E-state index in [1.165, 1.54) is 0 Å². The molecular formula is C24H30N2O12. The largest absolute Gasteiger partial charge is 0.462 e. The van der Waals surface area contributed by atoms with Gasteiger partial charge in [-0.15, -0.1) is 0 Å². The van der Waals surface area contributed by atoms with Crippen molar-refractivity contribution in [3.8, 4) is 0 Å². The highest BCUT2D eigenvalue weighted by molar-refractivity contribution is 5.89. The smallest absolute Gasteiger partial charge is 0.319 e. The highest BCUT2D eigenvalue weighted by Crippen LogP contribution is 2.30. The highest BCUT2D eigenvalue weighted by Gasteiger charge is 2.55. The van der Waals surface area contributed by atoms with Gasteiger partial charge in [0.15, 0.2) is 18.3 Å². The maximum Gasteiger partial charge on any atom is 0.319 e. The van der Waals surface area contributed by atoms with Crippen molar-refractivity contribution >= 4 is 41.6 Å². The van der Waals surface area contributed by atoms with E-state index in [-0.39, 0.29) is 0 Å². The zero-order chi connectivity index (χ0) is 28.4. The Balaban J connectivity index is 2.51. The van der Waals surface area contributed by atoms with E-state index in [4.69, 9.17) is 28.4 Å². The number of nitrogens with one attached hydrogen (secondary N) is 2. The van der Waals surface area contributed by atoms with Gasteiger partial charge >= 0.3 is 35.9 Å². The Labute approximate surface area is 218 Å². The van der Waals surface area contributed by atoms with Crippen LogP contribution in [-0.4, -0.2) is 79.2 Å². The van der Waals surface area contributed by atoms with Crippen molar-refractivity contribution in [3.63, 3.8) is 0 Å². The average Bonchev–Trinajstić information content (AvgIpc) is 2.79. The summed E-state index contributed by atoms with van der Waals surface area (Å²) in [6.45, 7) is 4.86. The number of para-hydroxylation sites is 1. The van der Waals surface area contributed by atoms with Crippen LogP contribution in [0.25, 0.3) is 0 Å². The Morgan fingerprint density at radius 1 is 0.789 bits per heavy atom. The Morgan fingerprint density at radius 3 is 1.89 bits per heavy atom. The van der Waals surface area contributed by atoms with Crippen LogP contribution >= 0.6 is 0 Å². The third-order valence-electron chi connectivity index (χ3n) is 4.94. The monoisotopic (exact) mass is 538 g/mol. The summed E-state index contributed by atoms with van der Waals surface area (Å²) >= 11 is 0. The minimum absolute atomic E-state index is 0.417. The second-order valence-corrected chi connectivity index (χ2v) is 8.17. The van der Waals surface area contributed by atoms with E-state index in [1.807, 2.05) is 0 Å². The first-order chi connectivity index (χ1) is 17.9. The van der Waals surface area contributed by atoms with Crippen molar-refractivity contribution in [1.29, 1.82) is 0 Å². The lowest BCUT2D eigenvalue weighted by atomic mass is 9.93. The van der Waals surface area contributed by atoms with Crippen LogP contribution in [0.2, 0.25) is 0 Å². The van der Waals surface area contributed by atoms with Crippen LogP contribution in [0.15, 0.2) is 30.3 Å². The van der Waals surface area contributed by atoms with Gasteiger partial charge in [-0.2, -0.15) is 0 Å². The molecule has 1 aromatic rings. The summed E-state index contributed by atoms with van der Waals surface area (Å²) in [5.74, 6) is -4.03. The van der Waals surface area contributed by atoms with Gasteiger partial charge in [-0.25, -0.2) is 4.79 Å². The number of carbonyl (C=O) groups is 6. The minimum Gasteiger partial charge on any atom is -0.462 e. The quantitative estimate of drug-likeness (QED) is 0.334. The molecule has 0 bridgehead atoms. The number of carbonyl (C=O) groups excluding carboxylic acids is 6. The number of hydrogen-bond donors (Lipinski definition) is 2. The van der Waals surface area contributed by atoms with E-state index in [2.05, 4.69) is 10.6 Å². The van der Waals surface area contributed by atoms with Crippen LogP contribution in [0.4, 0.5) is 10.5 Å². The molecule has 0 radical (unpaired) electrons. The molecule has 1 saturated heterocycles. The molecule has 0 aliphatic carbocycles. The van der Waals surface area contributed by atoms with Crippen molar-refractivity contribution in [2.75, 3.05) is 11.9 Å². The number of urea groups is 1. The summed E-state index contributed by atoms with van der Waals surface area (Å²) < 4.78 is 32.1. The van der Waals surface area contributed by atoms with Gasteiger partial charge in [-0.3, -0.25) is 24.0 Å². The normalized spacial score (nSPS) is 23.1. The Morgan fingerprint density at radius 2 is 1.37 bits per heavy atom. The number of anilines is 1. The summed E-state index contributed by atoms with van der Waals surface area (Å²) in [7, 11) is 0. The molecule has 6 atom stereocenters. The molecule has 0 aromatic heterocycles. The predicted octanol–water partition coefficient (Wildman–Crippen LogP) is 0.823. The second-order valence-electron chi connectivity index (χ2n) is 8.17. The second kappa shape index (κ2) is 13.9. The summed E-state index contributed by atoms with van der Waals surface area (Å²) in [4.78, 5) is 72.1. The van der Waals surface area contributed by atoms with Crippen molar-refractivity contribution in [1.82, 2.24) is 5.32 Å². The Bertz CT molecular complexity index is 1030. The molecule has 1 fully saturated rings. The molecule has 0 spiro atoms. The van der Waals surface area contributed by atoms with Crippen LogP contribution in [0.3, 0.4) is 0 Å². The van der Waals surface area contributed by atoms with Crippen LogP contribution in [0.5, 0.6) is 0 Å². The molecule has 0 saturated carbocycles. The van der Waals surface area contributed by atoms with Crippen molar-refractivity contribution in [2.45, 2.75) is 71.4 Å². The van der Waals surface area contributed by atoms with E-state index >= 15 is 0 Å². The van der Waals surface area contributed by atoms with E-state index in [0.29, 0.717) is 5.69 Å². The molecule has 1 heterocycles. The molecule has 14 heteroatoms. The lowest BCUT2D eigenvalue weighted by molar-refractivity contribution is -0.282. The fraction of sp³-hybridized carbons (Fsp3) is 0.500. The van der Waals surface area contributed by atoms with Crippen LogP contribution in [-0.2, 0) is 52.4 Å². The minimum atomic E-state index is -1.62. The first-order valence-corrected chi connectivity index (χ1v) is 11.5. The Kier molecular flexibility index (Phi) is 11.0. The maximum atomic E-state index is 12.8. The standard InChI is InChI=1S/C24H30N2O12/c1-12(27)33-11-18(34-13(2)28)20-22(36-15(4)30)21(35-14(3)29)19(23(38-20)37-16(5)31)26-24(32)25-17-9-7-6-8-10-17/h6-10,18-23H,11H2,1-5H3,(H2,25,26,32)/t18-,19+,20+,21+,22+,23-/m1/s1. The molecule has 1 aliphatic rings. The fourth-order valence-corrected chi connectivity index (χ4v) is 3.68. The number of benzene rings is 1. The summed E-state index contributed by atoms with van der Waals surface area (Å²) in [6, 6.07) is 6.13. The molecule has 1 aromatic carbocycles.